The molecule has 0 bridgehead atoms. The average Bonchev–Trinajstić information content (AvgIpc) is 2.58. The number of halogens is 7. The number of anilines is 1. The lowest BCUT2D eigenvalue weighted by molar-refractivity contribution is -0.146. The van der Waals surface area contributed by atoms with Gasteiger partial charge in [0.1, 0.15) is 5.82 Å². The van der Waals surface area contributed by atoms with Crippen LogP contribution in [-0.2, 0) is 9.59 Å². The molecule has 0 radical (unpaired) electrons. The average molecular weight is 425 g/mol. The molecule has 0 saturated heterocycles. The molecule has 11 heteroatoms. The van der Waals surface area contributed by atoms with Gasteiger partial charge in [0.25, 0.3) is 0 Å². The number of nitrogens with one attached hydrogen (secondary N) is 2. The Hall–Kier alpha value is -2.75. The fourth-order valence-electron chi connectivity index (χ4n) is 2.20. The quantitative estimate of drug-likeness (QED) is 0.431. The third-order valence-corrected chi connectivity index (χ3v) is 3.73. The molecule has 2 aromatic rings. The molecular formula is C17H11ClF6N2O2. The lowest BCUT2D eigenvalue weighted by Crippen LogP contribution is -2.39. The van der Waals surface area contributed by atoms with Gasteiger partial charge < -0.3 is 10.6 Å². The van der Waals surface area contributed by atoms with E-state index in [9.17, 15) is 35.9 Å². The van der Waals surface area contributed by atoms with Gasteiger partial charge in [-0.25, -0.2) is 13.2 Å². The highest BCUT2D eigenvalue weighted by molar-refractivity contribution is 6.39. The summed E-state index contributed by atoms with van der Waals surface area (Å²) >= 11 is 5.67. The monoisotopic (exact) mass is 424 g/mol. The molecule has 2 rings (SSSR count). The minimum Gasteiger partial charge on any atom is -0.341 e. The van der Waals surface area contributed by atoms with E-state index in [2.05, 4.69) is 0 Å². The maximum absolute atomic E-state index is 13.5. The molecular weight excluding hydrogens is 414 g/mol. The molecule has 2 N–H and O–H groups in total. The third-order valence-electron chi connectivity index (χ3n) is 3.48. The van der Waals surface area contributed by atoms with Crippen molar-refractivity contribution in [2.24, 2.45) is 0 Å². The minimum absolute atomic E-state index is 0.0156. The summed E-state index contributed by atoms with van der Waals surface area (Å²) in [4.78, 5) is 23.8. The van der Waals surface area contributed by atoms with Gasteiger partial charge in [0.05, 0.1) is 18.2 Å². The van der Waals surface area contributed by atoms with Crippen molar-refractivity contribution in [2.45, 2.75) is 18.6 Å². The van der Waals surface area contributed by atoms with Crippen LogP contribution in [0.4, 0.5) is 32.0 Å². The van der Waals surface area contributed by atoms with Crippen molar-refractivity contribution >= 4 is 29.1 Å². The first-order valence-corrected chi connectivity index (χ1v) is 7.92. The first kappa shape index (κ1) is 21.5. The van der Waals surface area contributed by atoms with Crippen molar-refractivity contribution < 1.29 is 35.9 Å². The van der Waals surface area contributed by atoms with Crippen LogP contribution < -0.4 is 10.6 Å². The summed E-state index contributed by atoms with van der Waals surface area (Å²) in [6, 6.07) is 3.85. The second-order valence-electron chi connectivity index (χ2n) is 5.60. The molecule has 2 amide bonds. The standard InChI is InChI=1S/C17H11ClF6N2O2/c18-9-3-1-8(2-4-9)14(7-17(22,23)24)26-16(28)15(27)25-13-6-11(20)10(19)5-12(13)21/h1-6,14H,7H2,(H,25,27)(H,26,28)/t14-/m0/s1. The predicted molar refractivity (Wildman–Crippen MR) is 88.0 cm³/mol. The van der Waals surface area contributed by atoms with E-state index in [1.807, 2.05) is 5.32 Å². The lowest BCUT2D eigenvalue weighted by Gasteiger charge is -2.20. The fraction of sp³-hybridized carbons (Fsp3) is 0.176. The van der Waals surface area contributed by atoms with Crippen LogP contribution in [0.3, 0.4) is 0 Å². The van der Waals surface area contributed by atoms with Gasteiger partial charge in [0.15, 0.2) is 11.6 Å². The number of hydrogen-bond donors (Lipinski definition) is 2. The van der Waals surface area contributed by atoms with E-state index >= 15 is 0 Å². The molecule has 0 aromatic heterocycles. The third kappa shape index (κ3) is 5.88. The Morgan fingerprint density at radius 2 is 1.50 bits per heavy atom. The van der Waals surface area contributed by atoms with Gasteiger partial charge in [-0.3, -0.25) is 9.59 Å². The van der Waals surface area contributed by atoms with Gasteiger partial charge in [-0.05, 0) is 17.7 Å². The number of rotatable bonds is 4. The predicted octanol–water partition coefficient (Wildman–Crippen LogP) is 4.51. The molecule has 0 aliphatic carbocycles. The zero-order valence-electron chi connectivity index (χ0n) is 13.7. The Labute approximate surface area is 159 Å². The number of carbonyl (C=O) groups is 2. The van der Waals surface area contributed by atoms with Crippen molar-refractivity contribution in [3.8, 4) is 0 Å². The Balaban J connectivity index is 2.17. The molecule has 0 spiro atoms. The molecule has 0 fully saturated rings. The number of benzene rings is 2. The van der Waals surface area contributed by atoms with E-state index in [-0.39, 0.29) is 16.7 Å². The first-order chi connectivity index (χ1) is 13.0. The summed E-state index contributed by atoms with van der Waals surface area (Å²) in [6.07, 6.45) is -6.17. The summed E-state index contributed by atoms with van der Waals surface area (Å²) < 4.78 is 77.9. The Bertz CT molecular complexity index is 886. The van der Waals surface area contributed by atoms with Gasteiger partial charge in [0.2, 0.25) is 0 Å². The Morgan fingerprint density at radius 1 is 0.929 bits per heavy atom. The van der Waals surface area contributed by atoms with Crippen LogP contribution in [0, 0.1) is 17.5 Å². The molecule has 4 nitrogen and oxygen atoms in total. The summed E-state index contributed by atoms with van der Waals surface area (Å²) in [5.74, 6) is -7.48. The second kappa shape index (κ2) is 8.51. The zero-order valence-corrected chi connectivity index (χ0v) is 14.5. The topological polar surface area (TPSA) is 58.2 Å². The van der Waals surface area contributed by atoms with Crippen LogP contribution in [-0.4, -0.2) is 18.0 Å². The van der Waals surface area contributed by atoms with Gasteiger partial charge >= 0.3 is 18.0 Å². The molecule has 2 aromatic carbocycles. The van der Waals surface area contributed by atoms with Gasteiger partial charge in [0, 0.05) is 17.2 Å². The van der Waals surface area contributed by atoms with Crippen LogP contribution in [0.2, 0.25) is 5.02 Å². The number of amides is 2. The molecule has 0 heterocycles. The van der Waals surface area contributed by atoms with Gasteiger partial charge in [-0.15, -0.1) is 0 Å². The van der Waals surface area contributed by atoms with E-state index in [0.717, 1.165) is 0 Å². The number of carbonyl (C=O) groups excluding carboxylic acids is 2. The Morgan fingerprint density at radius 3 is 2.07 bits per heavy atom. The molecule has 0 aliphatic rings. The summed E-state index contributed by atoms with van der Waals surface area (Å²) in [5.41, 5.74) is -0.834. The highest BCUT2D eigenvalue weighted by Gasteiger charge is 2.34. The van der Waals surface area contributed by atoms with Gasteiger partial charge in [-0.1, -0.05) is 23.7 Å². The molecule has 1 atom stereocenters. The molecule has 28 heavy (non-hydrogen) atoms. The van der Waals surface area contributed by atoms with E-state index < -0.39 is 53.6 Å². The second-order valence-corrected chi connectivity index (χ2v) is 6.03. The van der Waals surface area contributed by atoms with Crippen LogP contribution in [0.1, 0.15) is 18.0 Å². The van der Waals surface area contributed by atoms with Crippen LogP contribution in [0.15, 0.2) is 36.4 Å². The highest BCUT2D eigenvalue weighted by Crippen LogP contribution is 2.30. The molecule has 0 aliphatic heterocycles. The van der Waals surface area contributed by atoms with Gasteiger partial charge in [-0.2, -0.15) is 13.2 Å². The summed E-state index contributed by atoms with van der Waals surface area (Å²) in [6.45, 7) is 0. The van der Waals surface area contributed by atoms with Crippen LogP contribution in [0.25, 0.3) is 0 Å². The number of hydrogen-bond acceptors (Lipinski definition) is 2. The maximum Gasteiger partial charge on any atom is 0.391 e. The van der Waals surface area contributed by atoms with Crippen LogP contribution in [0.5, 0.6) is 0 Å². The smallest absolute Gasteiger partial charge is 0.341 e. The SMILES string of the molecule is O=C(Nc1cc(F)c(F)cc1F)C(=O)N[C@@H](CC(F)(F)F)c1ccc(Cl)cc1. The van der Waals surface area contributed by atoms with Crippen LogP contribution >= 0.6 is 11.6 Å². The normalized spacial score (nSPS) is 12.4. The number of alkyl halides is 3. The van der Waals surface area contributed by atoms with Crippen molar-refractivity contribution in [1.82, 2.24) is 5.32 Å². The lowest BCUT2D eigenvalue weighted by atomic mass is 10.0. The molecule has 0 saturated carbocycles. The largest absolute Gasteiger partial charge is 0.391 e. The van der Waals surface area contributed by atoms with Crippen molar-refractivity contribution in [1.29, 1.82) is 0 Å². The van der Waals surface area contributed by atoms with E-state index in [0.29, 0.717) is 6.07 Å². The zero-order chi connectivity index (χ0) is 21.1. The van der Waals surface area contributed by atoms with E-state index in [4.69, 9.17) is 11.6 Å². The minimum atomic E-state index is -4.68. The summed E-state index contributed by atoms with van der Waals surface area (Å²) in [5, 5.41) is 3.79. The first-order valence-electron chi connectivity index (χ1n) is 7.55. The van der Waals surface area contributed by atoms with E-state index in [1.54, 1.807) is 5.32 Å². The van der Waals surface area contributed by atoms with Crippen molar-refractivity contribution in [3.05, 3.63) is 64.4 Å². The molecule has 150 valence electrons. The Kier molecular flexibility index (Phi) is 6.55. The maximum atomic E-state index is 13.5. The van der Waals surface area contributed by atoms with Crippen molar-refractivity contribution in [2.75, 3.05) is 5.32 Å². The molecule has 0 unspecified atom stereocenters. The fourth-order valence-corrected chi connectivity index (χ4v) is 2.33. The van der Waals surface area contributed by atoms with E-state index in [1.165, 1.54) is 24.3 Å². The van der Waals surface area contributed by atoms with Crippen molar-refractivity contribution in [3.63, 3.8) is 0 Å². The highest BCUT2D eigenvalue weighted by atomic mass is 35.5. The summed E-state index contributed by atoms with van der Waals surface area (Å²) in [7, 11) is 0.